The van der Waals surface area contributed by atoms with Crippen LogP contribution in [0.15, 0.2) is 18.2 Å². The zero-order valence-electron chi connectivity index (χ0n) is 9.67. The molecule has 0 aromatic heterocycles. The lowest BCUT2D eigenvalue weighted by atomic mass is 9.78. The average Bonchev–Trinajstić information content (AvgIpc) is 2.63. The van der Waals surface area contributed by atoms with Crippen molar-refractivity contribution in [2.75, 3.05) is 0 Å². The minimum atomic E-state index is -0.461. The first-order chi connectivity index (χ1) is 7.95. The summed E-state index contributed by atoms with van der Waals surface area (Å²) in [4.78, 5) is 12.5. The van der Waals surface area contributed by atoms with Gasteiger partial charge in [0.2, 0.25) is 0 Å². The van der Waals surface area contributed by atoms with Crippen molar-refractivity contribution in [3.05, 3.63) is 33.8 Å². The molecule has 0 aliphatic heterocycles. The summed E-state index contributed by atoms with van der Waals surface area (Å²) in [6.07, 6.45) is 2.75. The Morgan fingerprint density at radius 2 is 2.12 bits per heavy atom. The highest BCUT2D eigenvalue weighted by Gasteiger charge is 2.43. The van der Waals surface area contributed by atoms with Crippen LogP contribution in [0.5, 0.6) is 0 Å². The molecule has 2 nitrogen and oxygen atoms in total. The molecule has 0 heterocycles. The van der Waals surface area contributed by atoms with Gasteiger partial charge in [-0.15, -0.1) is 0 Å². The Hall–Kier alpha value is -0.570. The van der Waals surface area contributed by atoms with E-state index in [4.69, 9.17) is 28.9 Å². The second kappa shape index (κ2) is 4.60. The van der Waals surface area contributed by atoms with Crippen molar-refractivity contribution in [3.8, 4) is 0 Å². The molecule has 0 amide bonds. The van der Waals surface area contributed by atoms with Crippen molar-refractivity contribution >= 4 is 29.0 Å². The van der Waals surface area contributed by atoms with Gasteiger partial charge >= 0.3 is 0 Å². The molecule has 1 aromatic rings. The fraction of sp³-hybridized carbons (Fsp3) is 0.462. The molecule has 1 saturated carbocycles. The molecule has 0 bridgehead atoms. The number of carbonyl (C=O) groups is 1. The number of hydrogen-bond donors (Lipinski definition) is 1. The number of Topliss-reactive ketones (excluding diaryl/α,β-unsaturated/α-hetero) is 1. The number of rotatable bonds is 2. The Kier molecular flexibility index (Phi) is 3.48. The Bertz CT molecular complexity index is 461. The van der Waals surface area contributed by atoms with Gasteiger partial charge in [-0.05, 0) is 31.0 Å². The monoisotopic (exact) mass is 271 g/mol. The molecule has 1 aliphatic carbocycles. The van der Waals surface area contributed by atoms with E-state index >= 15 is 0 Å². The van der Waals surface area contributed by atoms with Crippen LogP contribution in [0.25, 0.3) is 0 Å². The van der Waals surface area contributed by atoms with E-state index in [9.17, 15) is 4.79 Å². The van der Waals surface area contributed by atoms with Gasteiger partial charge in [0, 0.05) is 17.0 Å². The molecule has 0 radical (unpaired) electrons. The first-order valence-corrected chi connectivity index (χ1v) is 6.46. The van der Waals surface area contributed by atoms with E-state index in [1.54, 1.807) is 18.2 Å². The van der Waals surface area contributed by atoms with Gasteiger partial charge in [-0.25, -0.2) is 0 Å². The number of carbonyl (C=O) groups excluding carboxylic acids is 1. The smallest absolute Gasteiger partial charge is 0.170 e. The zero-order chi connectivity index (χ0) is 12.6. The van der Waals surface area contributed by atoms with Gasteiger partial charge in [-0.3, -0.25) is 4.79 Å². The Labute approximate surface area is 111 Å². The van der Waals surface area contributed by atoms with Crippen LogP contribution >= 0.6 is 23.2 Å². The lowest BCUT2D eigenvalue weighted by Crippen LogP contribution is -2.41. The molecular formula is C13H15Cl2NO. The molecule has 92 valence electrons. The molecule has 17 heavy (non-hydrogen) atoms. The second-order valence-electron chi connectivity index (χ2n) is 4.87. The van der Waals surface area contributed by atoms with Gasteiger partial charge in [0.05, 0.1) is 10.0 Å². The van der Waals surface area contributed by atoms with Crippen LogP contribution in [-0.2, 0) is 0 Å². The van der Waals surface area contributed by atoms with Crippen molar-refractivity contribution in [2.45, 2.75) is 32.2 Å². The summed E-state index contributed by atoms with van der Waals surface area (Å²) in [5.41, 5.74) is 6.17. The molecule has 0 saturated heterocycles. The number of halogens is 2. The van der Waals surface area contributed by atoms with Gasteiger partial charge < -0.3 is 5.73 Å². The SMILES string of the molecule is CC1(C(=O)c2ccc(Cl)c(Cl)c2)CCCC1N. The maximum Gasteiger partial charge on any atom is 0.170 e. The third-order valence-electron chi connectivity index (χ3n) is 3.73. The highest BCUT2D eigenvalue weighted by Crippen LogP contribution is 2.40. The first kappa shape index (κ1) is 12.9. The predicted octanol–water partition coefficient (Wildman–Crippen LogP) is 3.69. The maximum absolute atomic E-state index is 12.5. The Balaban J connectivity index is 2.34. The number of hydrogen-bond acceptors (Lipinski definition) is 2. The molecule has 1 fully saturated rings. The Morgan fingerprint density at radius 3 is 2.65 bits per heavy atom. The molecule has 2 atom stereocenters. The third kappa shape index (κ3) is 2.22. The van der Waals surface area contributed by atoms with Crippen molar-refractivity contribution in [2.24, 2.45) is 11.1 Å². The van der Waals surface area contributed by atoms with Crippen molar-refractivity contribution in [1.82, 2.24) is 0 Å². The molecule has 0 spiro atoms. The fourth-order valence-electron chi connectivity index (χ4n) is 2.44. The van der Waals surface area contributed by atoms with Crippen LogP contribution in [-0.4, -0.2) is 11.8 Å². The normalized spacial score (nSPS) is 28.4. The van der Waals surface area contributed by atoms with Crippen LogP contribution in [0.2, 0.25) is 10.0 Å². The van der Waals surface area contributed by atoms with Crippen molar-refractivity contribution in [1.29, 1.82) is 0 Å². The summed E-state index contributed by atoms with van der Waals surface area (Å²) in [7, 11) is 0. The number of benzene rings is 1. The average molecular weight is 272 g/mol. The molecule has 2 unspecified atom stereocenters. The van der Waals surface area contributed by atoms with Crippen LogP contribution in [0.4, 0.5) is 0 Å². The number of nitrogens with two attached hydrogens (primary N) is 1. The van der Waals surface area contributed by atoms with Gasteiger partial charge in [-0.1, -0.05) is 36.5 Å². The minimum absolute atomic E-state index is 0.0653. The van der Waals surface area contributed by atoms with E-state index in [1.165, 1.54) is 0 Å². The van der Waals surface area contributed by atoms with Crippen molar-refractivity contribution in [3.63, 3.8) is 0 Å². The van der Waals surface area contributed by atoms with E-state index in [1.807, 2.05) is 6.92 Å². The molecule has 2 rings (SSSR count). The second-order valence-corrected chi connectivity index (χ2v) is 5.69. The van der Waals surface area contributed by atoms with E-state index < -0.39 is 5.41 Å². The molecule has 4 heteroatoms. The largest absolute Gasteiger partial charge is 0.327 e. The highest BCUT2D eigenvalue weighted by atomic mass is 35.5. The summed E-state index contributed by atoms with van der Waals surface area (Å²) in [5, 5.41) is 0.872. The zero-order valence-corrected chi connectivity index (χ0v) is 11.2. The van der Waals surface area contributed by atoms with Crippen LogP contribution in [0, 0.1) is 5.41 Å². The molecule has 1 aliphatic rings. The van der Waals surface area contributed by atoms with Crippen LogP contribution in [0.3, 0.4) is 0 Å². The fourth-order valence-corrected chi connectivity index (χ4v) is 2.74. The molecule has 2 N–H and O–H groups in total. The highest BCUT2D eigenvalue weighted by molar-refractivity contribution is 6.42. The van der Waals surface area contributed by atoms with E-state index in [2.05, 4.69) is 0 Å². The summed E-state index contributed by atoms with van der Waals surface area (Å²) < 4.78 is 0. The summed E-state index contributed by atoms with van der Waals surface area (Å²) >= 11 is 11.8. The maximum atomic E-state index is 12.5. The van der Waals surface area contributed by atoms with E-state index in [-0.39, 0.29) is 11.8 Å². The topological polar surface area (TPSA) is 43.1 Å². The minimum Gasteiger partial charge on any atom is -0.327 e. The van der Waals surface area contributed by atoms with Gasteiger partial charge in [-0.2, -0.15) is 0 Å². The van der Waals surface area contributed by atoms with Gasteiger partial charge in [0.25, 0.3) is 0 Å². The van der Waals surface area contributed by atoms with Crippen molar-refractivity contribution < 1.29 is 4.79 Å². The lowest BCUT2D eigenvalue weighted by Gasteiger charge is -2.27. The van der Waals surface area contributed by atoms with Crippen LogP contribution in [0.1, 0.15) is 36.5 Å². The van der Waals surface area contributed by atoms with Crippen LogP contribution < -0.4 is 5.73 Å². The third-order valence-corrected chi connectivity index (χ3v) is 4.47. The molecule has 1 aromatic carbocycles. The lowest BCUT2D eigenvalue weighted by molar-refractivity contribution is 0.0802. The van der Waals surface area contributed by atoms with E-state index in [0.29, 0.717) is 15.6 Å². The summed E-state index contributed by atoms with van der Waals surface area (Å²) in [6.45, 7) is 1.94. The quantitative estimate of drug-likeness (QED) is 0.834. The first-order valence-electron chi connectivity index (χ1n) is 5.70. The summed E-state index contributed by atoms with van der Waals surface area (Å²) in [6, 6.07) is 4.93. The van der Waals surface area contributed by atoms with Gasteiger partial charge in [0.1, 0.15) is 0 Å². The number of ketones is 1. The van der Waals surface area contributed by atoms with Gasteiger partial charge in [0.15, 0.2) is 5.78 Å². The van der Waals surface area contributed by atoms with E-state index in [0.717, 1.165) is 19.3 Å². The Morgan fingerprint density at radius 1 is 1.41 bits per heavy atom. The summed E-state index contributed by atoms with van der Waals surface area (Å²) in [5.74, 6) is 0.0704. The molecular weight excluding hydrogens is 257 g/mol. The predicted molar refractivity (Wildman–Crippen MR) is 70.7 cm³/mol. The standard InChI is InChI=1S/C13H15Cl2NO/c1-13(6-2-3-11(13)16)12(17)8-4-5-9(14)10(15)7-8/h4-5,7,11H,2-3,6,16H2,1H3.